The van der Waals surface area contributed by atoms with Gasteiger partial charge < -0.3 is 19.0 Å². The Morgan fingerprint density at radius 3 is 2.20 bits per heavy atom. The maximum atomic E-state index is 12.7. The molecule has 0 aromatic carbocycles. The lowest BCUT2D eigenvalue weighted by Crippen LogP contribution is -2.56. The molecule has 2 aliphatic heterocycles. The van der Waals surface area contributed by atoms with E-state index in [0.717, 1.165) is 5.56 Å². The second-order valence-corrected chi connectivity index (χ2v) is 6.79. The molecule has 25 heavy (non-hydrogen) atoms. The van der Waals surface area contributed by atoms with Gasteiger partial charge in [0.05, 0.1) is 31.1 Å². The Labute approximate surface area is 148 Å². The van der Waals surface area contributed by atoms with E-state index in [2.05, 4.69) is 4.90 Å². The van der Waals surface area contributed by atoms with Crippen molar-refractivity contribution in [1.82, 2.24) is 14.7 Å². The van der Waals surface area contributed by atoms with Crippen molar-refractivity contribution in [2.45, 2.75) is 26.8 Å². The number of ether oxygens (including phenoxy) is 1. The van der Waals surface area contributed by atoms with Crippen LogP contribution in [0.5, 0.6) is 0 Å². The van der Waals surface area contributed by atoms with Gasteiger partial charge in [-0.25, -0.2) is 0 Å². The quantitative estimate of drug-likeness (QED) is 0.811. The Morgan fingerprint density at radius 2 is 1.64 bits per heavy atom. The highest BCUT2D eigenvalue weighted by molar-refractivity contribution is 5.96. The molecular formula is C18H27N3O4. The fraction of sp³-hybridized carbons (Fsp3) is 0.667. The summed E-state index contributed by atoms with van der Waals surface area (Å²) in [7, 11) is 0. The molecule has 2 aliphatic rings. The van der Waals surface area contributed by atoms with Gasteiger partial charge in [-0.2, -0.15) is 0 Å². The minimum absolute atomic E-state index is 0.0237. The normalized spacial score (nSPS) is 20.6. The van der Waals surface area contributed by atoms with Gasteiger partial charge in [0.25, 0.3) is 5.91 Å². The average molecular weight is 349 g/mol. The summed E-state index contributed by atoms with van der Waals surface area (Å²) in [4.78, 5) is 31.2. The number of carbonyl (C=O) groups excluding carboxylic acids is 2. The van der Waals surface area contributed by atoms with Crippen LogP contribution in [0.1, 0.15) is 28.6 Å². The van der Waals surface area contributed by atoms with Gasteiger partial charge in [0.1, 0.15) is 5.76 Å². The van der Waals surface area contributed by atoms with Crippen LogP contribution in [0.25, 0.3) is 0 Å². The second-order valence-electron chi connectivity index (χ2n) is 6.79. The molecule has 1 aromatic heterocycles. The Kier molecular flexibility index (Phi) is 5.44. The molecule has 2 saturated heterocycles. The van der Waals surface area contributed by atoms with Gasteiger partial charge >= 0.3 is 0 Å². The van der Waals surface area contributed by atoms with Crippen LogP contribution >= 0.6 is 0 Å². The van der Waals surface area contributed by atoms with E-state index >= 15 is 0 Å². The zero-order valence-electron chi connectivity index (χ0n) is 15.3. The molecule has 2 amide bonds. The topological polar surface area (TPSA) is 66.2 Å². The van der Waals surface area contributed by atoms with E-state index in [1.54, 1.807) is 6.26 Å². The molecule has 138 valence electrons. The van der Waals surface area contributed by atoms with Gasteiger partial charge in [-0.1, -0.05) is 0 Å². The number of furan rings is 1. The number of amides is 2. The molecule has 1 aromatic rings. The lowest BCUT2D eigenvalue weighted by atomic mass is 10.1. The van der Waals surface area contributed by atoms with Crippen molar-refractivity contribution in [3.8, 4) is 0 Å². The highest BCUT2D eigenvalue weighted by atomic mass is 16.5. The predicted octanol–water partition coefficient (Wildman–Crippen LogP) is 0.902. The zero-order valence-corrected chi connectivity index (χ0v) is 15.3. The van der Waals surface area contributed by atoms with Crippen molar-refractivity contribution in [2.24, 2.45) is 0 Å². The number of piperazine rings is 1. The number of aryl methyl sites for hydroxylation is 2. The fourth-order valence-corrected chi connectivity index (χ4v) is 3.57. The van der Waals surface area contributed by atoms with E-state index in [1.165, 1.54) is 0 Å². The maximum Gasteiger partial charge on any atom is 0.257 e. The molecule has 0 radical (unpaired) electrons. The van der Waals surface area contributed by atoms with Crippen molar-refractivity contribution in [3.05, 3.63) is 23.2 Å². The van der Waals surface area contributed by atoms with Gasteiger partial charge in [0, 0.05) is 44.8 Å². The van der Waals surface area contributed by atoms with Crippen molar-refractivity contribution in [3.63, 3.8) is 0 Å². The molecule has 0 aliphatic carbocycles. The molecular weight excluding hydrogens is 322 g/mol. The number of hydrogen-bond donors (Lipinski definition) is 0. The van der Waals surface area contributed by atoms with E-state index in [0.29, 0.717) is 63.8 Å². The summed E-state index contributed by atoms with van der Waals surface area (Å²) in [5.74, 6) is 0.848. The van der Waals surface area contributed by atoms with Crippen molar-refractivity contribution in [1.29, 1.82) is 0 Å². The Bertz CT molecular complexity index is 609. The first-order valence-corrected chi connectivity index (χ1v) is 8.93. The minimum Gasteiger partial charge on any atom is -0.469 e. The molecule has 7 nitrogen and oxygen atoms in total. The minimum atomic E-state index is -0.159. The molecule has 1 atom stereocenters. The number of hydrogen-bond acceptors (Lipinski definition) is 5. The largest absolute Gasteiger partial charge is 0.469 e. The third kappa shape index (κ3) is 3.72. The van der Waals surface area contributed by atoms with Crippen LogP contribution < -0.4 is 0 Å². The first-order chi connectivity index (χ1) is 12.0. The molecule has 0 saturated carbocycles. The van der Waals surface area contributed by atoms with Crippen LogP contribution in [0.2, 0.25) is 0 Å². The van der Waals surface area contributed by atoms with E-state index in [-0.39, 0.29) is 17.9 Å². The lowest BCUT2D eigenvalue weighted by molar-refractivity contribution is -0.141. The summed E-state index contributed by atoms with van der Waals surface area (Å²) < 4.78 is 10.7. The van der Waals surface area contributed by atoms with Crippen molar-refractivity contribution < 1.29 is 18.7 Å². The molecule has 0 N–H and O–H groups in total. The highest BCUT2D eigenvalue weighted by Crippen LogP contribution is 2.19. The monoisotopic (exact) mass is 349 g/mol. The number of morpholine rings is 1. The predicted molar refractivity (Wildman–Crippen MR) is 92.5 cm³/mol. The highest BCUT2D eigenvalue weighted by Gasteiger charge is 2.31. The van der Waals surface area contributed by atoms with Gasteiger partial charge in [-0.15, -0.1) is 0 Å². The third-order valence-electron chi connectivity index (χ3n) is 5.20. The van der Waals surface area contributed by atoms with E-state index in [4.69, 9.17) is 9.15 Å². The number of carbonyl (C=O) groups is 2. The van der Waals surface area contributed by atoms with Crippen molar-refractivity contribution >= 4 is 11.8 Å². The molecule has 0 spiro atoms. The van der Waals surface area contributed by atoms with Gasteiger partial charge in [0.15, 0.2) is 0 Å². The summed E-state index contributed by atoms with van der Waals surface area (Å²) in [5.41, 5.74) is 1.55. The van der Waals surface area contributed by atoms with Gasteiger partial charge in [0.2, 0.25) is 5.91 Å². The number of nitrogens with zero attached hydrogens (tertiary/aromatic N) is 3. The third-order valence-corrected chi connectivity index (χ3v) is 5.20. The Balaban J connectivity index is 1.56. The van der Waals surface area contributed by atoms with E-state index < -0.39 is 0 Å². The first kappa shape index (κ1) is 17.9. The average Bonchev–Trinajstić information content (AvgIpc) is 2.99. The summed E-state index contributed by atoms with van der Waals surface area (Å²) in [6.07, 6.45) is 1.63. The van der Waals surface area contributed by atoms with Crippen LogP contribution in [0.15, 0.2) is 10.7 Å². The second kappa shape index (κ2) is 7.58. The molecule has 7 heteroatoms. The van der Waals surface area contributed by atoms with E-state index in [9.17, 15) is 9.59 Å². The summed E-state index contributed by atoms with van der Waals surface area (Å²) in [5, 5.41) is 0. The SMILES string of the molecule is Cc1coc(C)c1C(=O)N1CCN([C@H](C)C(=O)N2CCOCC2)CC1. The molecule has 3 rings (SSSR count). The lowest BCUT2D eigenvalue weighted by Gasteiger charge is -2.39. The van der Waals surface area contributed by atoms with Crippen LogP contribution in [-0.4, -0.2) is 85.0 Å². The Morgan fingerprint density at radius 1 is 1.00 bits per heavy atom. The Hall–Kier alpha value is -1.86. The molecule has 2 fully saturated rings. The van der Waals surface area contributed by atoms with Crippen LogP contribution in [0.3, 0.4) is 0 Å². The maximum absolute atomic E-state index is 12.7. The van der Waals surface area contributed by atoms with Gasteiger partial charge in [-0.3, -0.25) is 14.5 Å². The van der Waals surface area contributed by atoms with Crippen molar-refractivity contribution in [2.75, 3.05) is 52.5 Å². The summed E-state index contributed by atoms with van der Waals surface area (Å²) in [6.45, 7) is 10.9. The molecule has 0 bridgehead atoms. The standard InChI is InChI=1S/C18H27N3O4/c1-13-12-25-15(3)16(13)18(23)20-6-4-19(5-7-20)14(2)17(22)21-8-10-24-11-9-21/h12,14H,4-11H2,1-3H3/t14-/m1/s1. The summed E-state index contributed by atoms with van der Waals surface area (Å²) in [6, 6.07) is -0.159. The molecule has 3 heterocycles. The van der Waals surface area contributed by atoms with Crippen LogP contribution in [0, 0.1) is 13.8 Å². The number of rotatable bonds is 3. The summed E-state index contributed by atoms with van der Waals surface area (Å²) >= 11 is 0. The smallest absolute Gasteiger partial charge is 0.257 e. The fourth-order valence-electron chi connectivity index (χ4n) is 3.57. The van der Waals surface area contributed by atoms with Gasteiger partial charge in [-0.05, 0) is 20.8 Å². The van der Waals surface area contributed by atoms with E-state index in [1.807, 2.05) is 30.6 Å². The van der Waals surface area contributed by atoms with Crippen LogP contribution in [-0.2, 0) is 9.53 Å². The zero-order chi connectivity index (χ0) is 18.0. The van der Waals surface area contributed by atoms with Crippen LogP contribution in [0.4, 0.5) is 0 Å². The first-order valence-electron chi connectivity index (χ1n) is 8.93. The molecule has 0 unspecified atom stereocenters.